The Bertz CT molecular complexity index is 742. The van der Waals surface area contributed by atoms with Gasteiger partial charge in [-0.2, -0.15) is 5.10 Å². The van der Waals surface area contributed by atoms with E-state index in [2.05, 4.69) is 25.4 Å². The highest BCUT2D eigenvalue weighted by Crippen LogP contribution is 2.23. The summed E-state index contributed by atoms with van der Waals surface area (Å²) in [5.41, 5.74) is 3.62. The number of hydrogen-bond donors (Lipinski definition) is 2. The lowest BCUT2D eigenvalue weighted by molar-refractivity contribution is -0.125. The third kappa shape index (κ3) is 3.74. The molecule has 0 radical (unpaired) electrons. The van der Waals surface area contributed by atoms with Crippen LogP contribution in [0.2, 0.25) is 0 Å². The summed E-state index contributed by atoms with van der Waals surface area (Å²) in [6.45, 7) is 2.24. The molecule has 2 aliphatic rings. The second-order valence-electron chi connectivity index (χ2n) is 7.38. The quantitative estimate of drug-likeness (QED) is 0.829. The predicted molar refractivity (Wildman–Crippen MR) is 101 cm³/mol. The lowest BCUT2D eigenvalue weighted by Gasteiger charge is -2.32. The van der Waals surface area contributed by atoms with Crippen molar-refractivity contribution in [1.82, 2.24) is 20.5 Å². The second kappa shape index (κ2) is 7.89. The smallest absolute Gasteiger partial charge is 0.225 e. The summed E-state index contributed by atoms with van der Waals surface area (Å²) in [7, 11) is 0. The predicted octanol–water partition coefficient (Wildman–Crippen LogP) is 2.61. The molecule has 0 saturated carbocycles. The van der Waals surface area contributed by atoms with Crippen molar-refractivity contribution in [1.29, 1.82) is 0 Å². The Hall–Kier alpha value is -2.37. The van der Waals surface area contributed by atoms with E-state index < -0.39 is 0 Å². The number of anilines is 1. The maximum atomic E-state index is 12.7. The molecule has 2 aromatic rings. The SMILES string of the molecule is O=C(NCc1n[nH]c2c1CCCCC2)C1CCCN(c2ccccn2)C1. The number of H-pyrrole nitrogens is 1. The molecule has 0 aromatic carbocycles. The first-order valence-corrected chi connectivity index (χ1v) is 9.80. The number of carbonyl (C=O) groups excluding carboxylic acids is 1. The minimum Gasteiger partial charge on any atom is -0.356 e. The fraction of sp³-hybridized carbons (Fsp3) is 0.550. The number of aromatic nitrogens is 3. The fourth-order valence-corrected chi connectivity index (χ4v) is 4.13. The molecule has 6 heteroatoms. The Labute approximate surface area is 154 Å². The van der Waals surface area contributed by atoms with Gasteiger partial charge in [-0.05, 0) is 56.2 Å². The third-order valence-corrected chi connectivity index (χ3v) is 5.59. The summed E-state index contributed by atoms with van der Waals surface area (Å²) in [5, 5.41) is 10.8. The Morgan fingerprint density at radius 2 is 2.15 bits per heavy atom. The maximum Gasteiger partial charge on any atom is 0.225 e. The molecule has 3 heterocycles. The van der Waals surface area contributed by atoms with Crippen LogP contribution in [0.1, 0.15) is 49.1 Å². The van der Waals surface area contributed by atoms with E-state index in [0.717, 1.165) is 50.3 Å². The number of nitrogens with zero attached hydrogens (tertiary/aromatic N) is 3. The van der Waals surface area contributed by atoms with Gasteiger partial charge in [0.15, 0.2) is 0 Å². The zero-order chi connectivity index (χ0) is 17.8. The van der Waals surface area contributed by atoms with Gasteiger partial charge in [0, 0.05) is 25.0 Å². The van der Waals surface area contributed by atoms with E-state index in [1.165, 1.54) is 30.5 Å². The van der Waals surface area contributed by atoms with E-state index in [-0.39, 0.29) is 11.8 Å². The Balaban J connectivity index is 1.36. The number of carbonyl (C=O) groups is 1. The van der Waals surface area contributed by atoms with Crippen molar-refractivity contribution >= 4 is 11.7 Å². The third-order valence-electron chi connectivity index (χ3n) is 5.59. The molecule has 4 rings (SSSR count). The van der Waals surface area contributed by atoms with E-state index in [1.807, 2.05) is 24.4 Å². The summed E-state index contributed by atoms with van der Waals surface area (Å²) >= 11 is 0. The van der Waals surface area contributed by atoms with Crippen molar-refractivity contribution in [2.24, 2.45) is 5.92 Å². The van der Waals surface area contributed by atoms with Gasteiger partial charge >= 0.3 is 0 Å². The molecule has 6 nitrogen and oxygen atoms in total. The zero-order valence-electron chi connectivity index (χ0n) is 15.2. The van der Waals surface area contributed by atoms with E-state index >= 15 is 0 Å². The standard InChI is InChI=1S/C20H27N5O/c26-20(15-7-6-12-25(14-15)19-10-4-5-11-21-19)22-13-18-16-8-2-1-3-9-17(16)23-24-18/h4-5,10-11,15H,1-3,6-9,12-14H2,(H,22,26)(H,23,24). The van der Waals surface area contributed by atoms with Crippen molar-refractivity contribution < 1.29 is 4.79 Å². The molecule has 1 fully saturated rings. The van der Waals surface area contributed by atoms with Gasteiger partial charge < -0.3 is 10.2 Å². The summed E-state index contributed by atoms with van der Waals surface area (Å²) in [6.07, 6.45) is 9.65. The van der Waals surface area contributed by atoms with E-state index in [1.54, 1.807) is 0 Å². The molecular formula is C20H27N5O. The van der Waals surface area contributed by atoms with Gasteiger partial charge in [-0.3, -0.25) is 9.89 Å². The maximum absolute atomic E-state index is 12.7. The van der Waals surface area contributed by atoms with Gasteiger partial charge in [0.05, 0.1) is 18.2 Å². The minimum absolute atomic E-state index is 0.0169. The highest BCUT2D eigenvalue weighted by Gasteiger charge is 2.26. The molecule has 1 aliphatic carbocycles. The average Bonchev–Trinajstić information content (AvgIpc) is 2.93. The van der Waals surface area contributed by atoms with Crippen LogP contribution >= 0.6 is 0 Å². The normalized spacial score (nSPS) is 20.3. The van der Waals surface area contributed by atoms with E-state index in [9.17, 15) is 4.79 Å². The topological polar surface area (TPSA) is 73.9 Å². The van der Waals surface area contributed by atoms with Gasteiger partial charge in [-0.15, -0.1) is 0 Å². The van der Waals surface area contributed by atoms with Crippen molar-refractivity contribution in [3.8, 4) is 0 Å². The highest BCUT2D eigenvalue weighted by molar-refractivity contribution is 5.79. The highest BCUT2D eigenvalue weighted by atomic mass is 16.1. The van der Waals surface area contributed by atoms with Crippen LogP contribution in [-0.2, 0) is 24.2 Å². The molecular weight excluding hydrogens is 326 g/mol. The van der Waals surface area contributed by atoms with E-state index in [4.69, 9.17) is 0 Å². The van der Waals surface area contributed by atoms with Crippen LogP contribution < -0.4 is 10.2 Å². The monoisotopic (exact) mass is 353 g/mol. The van der Waals surface area contributed by atoms with Crippen molar-refractivity contribution in [2.75, 3.05) is 18.0 Å². The number of nitrogens with one attached hydrogen (secondary N) is 2. The number of aryl methyl sites for hydroxylation is 1. The molecule has 0 bridgehead atoms. The van der Waals surface area contributed by atoms with Crippen LogP contribution in [-0.4, -0.2) is 34.2 Å². The average molecular weight is 353 g/mol. The van der Waals surface area contributed by atoms with Gasteiger partial charge in [0.2, 0.25) is 5.91 Å². The van der Waals surface area contributed by atoms with Gasteiger partial charge in [0.1, 0.15) is 5.82 Å². The molecule has 1 unspecified atom stereocenters. The largest absolute Gasteiger partial charge is 0.356 e. The first-order valence-electron chi connectivity index (χ1n) is 9.80. The zero-order valence-corrected chi connectivity index (χ0v) is 15.2. The van der Waals surface area contributed by atoms with Crippen LogP contribution in [0.25, 0.3) is 0 Å². The summed E-state index contributed by atoms with van der Waals surface area (Å²) in [5.74, 6) is 1.11. The number of amides is 1. The summed E-state index contributed by atoms with van der Waals surface area (Å²) < 4.78 is 0. The number of pyridine rings is 1. The molecule has 138 valence electrons. The minimum atomic E-state index is 0.0169. The molecule has 1 atom stereocenters. The van der Waals surface area contributed by atoms with Crippen LogP contribution in [0.4, 0.5) is 5.82 Å². The number of aromatic amines is 1. The molecule has 2 aromatic heterocycles. The molecule has 26 heavy (non-hydrogen) atoms. The molecule has 2 N–H and O–H groups in total. The molecule has 1 amide bonds. The Morgan fingerprint density at radius 3 is 3.04 bits per heavy atom. The number of hydrogen-bond acceptors (Lipinski definition) is 4. The Kier molecular flexibility index (Phi) is 5.18. The fourth-order valence-electron chi connectivity index (χ4n) is 4.13. The van der Waals surface area contributed by atoms with E-state index in [0.29, 0.717) is 6.54 Å². The first kappa shape index (κ1) is 17.1. The lowest BCUT2D eigenvalue weighted by Crippen LogP contribution is -2.43. The van der Waals surface area contributed by atoms with Crippen LogP contribution in [0.15, 0.2) is 24.4 Å². The first-order chi connectivity index (χ1) is 12.8. The number of piperidine rings is 1. The van der Waals surface area contributed by atoms with Gasteiger partial charge in [-0.1, -0.05) is 12.5 Å². The molecule has 1 saturated heterocycles. The van der Waals surface area contributed by atoms with Crippen LogP contribution in [0, 0.1) is 5.92 Å². The summed E-state index contributed by atoms with van der Waals surface area (Å²) in [4.78, 5) is 19.3. The molecule has 1 aliphatic heterocycles. The van der Waals surface area contributed by atoms with Crippen LogP contribution in [0.5, 0.6) is 0 Å². The lowest BCUT2D eigenvalue weighted by atomic mass is 9.97. The second-order valence-corrected chi connectivity index (χ2v) is 7.38. The Morgan fingerprint density at radius 1 is 1.23 bits per heavy atom. The van der Waals surface area contributed by atoms with Crippen molar-refractivity contribution in [3.05, 3.63) is 41.3 Å². The van der Waals surface area contributed by atoms with Crippen molar-refractivity contribution in [3.63, 3.8) is 0 Å². The van der Waals surface area contributed by atoms with Gasteiger partial charge in [-0.25, -0.2) is 4.98 Å². The number of rotatable bonds is 4. The molecule has 0 spiro atoms. The summed E-state index contributed by atoms with van der Waals surface area (Å²) in [6, 6.07) is 5.93. The number of fused-ring (bicyclic) bond motifs is 1. The van der Waals surface area contributed by atoms with Crippen molar-refractivity contribution in [2.45, 2.75) is 51.5 Å². The van der Waals surface area contributed by atoms with Gasteiger partial charge in [0.25, 0.3) is 0 Å². The van der Waals surface area contributed by atoms with Crippen LogP contribution in [0.3, 0.4) is 0 Å².